The molecule has 0 saturated carbocycles. The van der Waals surface area contributed by atoms with Crippen LogP contribution in [0, 0.1) is 3.57 Å². The number of carbonyl (C=O) groups excluding carboxylic acids is 1. The molecule has 1 aromatic rings. The summed E-state index contributed by atoms with van der Waals surface area (Å²) in [7, 11) is 0. The third-order valence-electron chi connectivity index (χ3n) is 2.97. The highest BCUT2D eigenvalue weighted by atomic mass is 127. The summed E-state index contributed by atoms with van der Waals surface area (Å²) in [6.07, 6.45) is 4.16. The summed E-state index contributed by atoms with van der Waals surface area (Å²) in [5.41, 5.74) is 0.935. The molecule has 20 heavy (non-hydrogen) atoms. The molecule has 0 fully saturated rings. The van der Waals surface area contributed by atoms with Gasteiger partial charge in [0.1, 0.15) is 0 Å². The van der Waals surface area contributed by atoms with Crippen LogP contribution in [0.4, 0.5) is 5.69 Å². The quantitative estimate of drug-likeness (QED) is 0.408. The lowest BCUT2D eigenvalue weighted by atomic mass is 10.1. The number of anilines is 1. The standard InChI is InChI=1S/C15H21IN2OS/c1-3-4-5-9-14(11(2)19)18-15(20)17-13-8-6-7-12(16)10-13/h6-8,10,14H,3-5,9H2,1-2H3,(H2,17,18,20)/t14-/m0/s1. The van der Waals surface area contributed by atoms with Crippen molar-refractivity contribution in [3.8, 4) is 0 Å². The molecule has 0 heterocycles. The molecular weight excluding hydrogens is 383 g/mol. The highest BCUT2D eigenvalue weighted by Gasteiger charge is 2.14. The Morgan fingerprint density at radius 1 is 1.40 bits per heavy atom. The van der Waals surface area contributed by atoms with E-state index < -0.39 is 0 Å². The average Bonchev–Trinajstić information content (AvgIpc) is 2.37. The minimum Gasteiger partial charge on any atom is -0.353 e. The summed E-state index contributed by atoms with van der Waals surface area (Å²) in [5, 5.41) is 6.74. The van der Waals surface area contributed by atoms with E-state index >= 15 is 0 Å². The molecule has 0 aliphatic carbocycles. The second-order valence-electron chi connectivity index (χ2n) is 4.77. The Hall–Kier alpha value is -0.690. The molecule has 1 rings (SSSR count). The summed E-state index contributed by atoms with van der Waals surface area (Å²) >= 11 is 7.53. The molecule has 3 nitrogen and oxygen atoms in total. The number of benzene rings is 1. The fourth-order valence-corrected chi connectivity index (χ4v) is 2.67. The Morgan fingerprint density at radius 2 is 2.15 bits per heavy atom. The second-order valence-corrected chi connectivity index (χ2v) is 6.42. The molecule has 1 aromatic carbocycles. The summed E-state index contributed by atoms with van der Waals surface area (Å²) in [4.78, 5) is 11.6. The Kier molecular flexibility index (Phi) is 8.06. The zero-order valence-corrected chi connectivity index (χ0v) is 14.9. The Bertz CT molecular complexity index is 465. The van der Waals surface area contributed by atoms with Crippen LogP contribution in [0.5, 0.6) is 0 Å². The van der Waals surface area contributed by atoms with Crippen LogP contribution in [-0.4, -0.2) is 16.9 Å². The monoisotopic (exact) mass is 404 g/mol. The molecule has 0 unspecified atom stereocenters. The topological polar surface area (TPSA) is 41.1 Å². The fourth-order valence-electron chi connectivity index (χ4n) is 1.87. The first-order chi connectivity index (χ1) is 9.52. The Morgan fingerprint density at radius 3 is 2.75 bits per heavy atom. The number of halogens is 1. The van der Waals surface area contributed by atoms with Gasteiger partial charge in [0.25, 0.3) is 0 Å². The summed E-state index contributed by atoms with van der Waals surface area (Å²) < 4.78 is 1.14. The van der Waals surface area contributed by atoms with E-state index in [0.29, 0.717) is 5.11 Å². The zero-order chi connectivity index (χ0) is 15.0. The molecule has 0 aliphatic rings. The van der Waals surface area contributed by atoms with Crippen LogP contribution in [0.1, 0.15) is 39.5 Å². The van der Waals surface area contributed by atoms with Crippen molar-refractivity contribution in [1.29, 1.82) is 0 Å². The van der Waals surface area contributed by atoms with Crippen LogP contribution < -0.4 is 10.6 Å². The van der Waals surface area contributed by atoms with Gasteiger partial charge in [-0.05, 0) is 66.4 Å². The largest absolute Gasteiger partial charge is 0.353 e. The maximum absolute atomic E-state index is 11.6. The highest BCUT2D eigenvalue weighted by molar-refractivity contribution is 14.1. The number of unbranched alkanes of at least 4 members (excludes halogenated alkanes) is 2. The van der Waals surface area contributed by atoms with Crippen molar-refractivity contribution in [1.82, 2.24) is 5.32 Å². The first kappa shape index (κ1) is 17.4. The van der Waals surface area contributed by atoms with Crippen molar-refractivity contribution in [2.45, 2.75) is 45.6 Å². The maximum Gasteiger partial charge on any atom is 0.171 e. The predicted octanol–water partition coefficient (Wildman–Crippen LogP) is 4.12. The van der Waals surface area contributed by atoms with Crippen LogP contribution in [0.2, 0.25) is 0 Å². The lowest BCUT2D eigenvalue weighted by molar-refractivity contribution is -0.118. The number of nitrogens with one attached hydrogen (secondary N) is 2. The van der Waals surface area contributed by atoms with E-state index in [0.717, 1.165) is 34.9 Å². The molecule has 0 saturated heterocycles. The number of thiocarbonyl (C=S) groups is 1. The Labute approximate surface area is 140 Å². The zero-order valence-electron chi connectivity index (χ0n) is 11.9. The SMILES string of the molecule is CCCCC[C@H](NC(=S)Nc1cccc(I)c1)C(C)=O. The Balaban J connectivity index is 2.51. The predicted molar refractivity (Wildman–Crippen MR) is 97.1 cm³/mol. The van der Waals surface area contributed by atoms with E-state index in [2.05, 4.69) is 40.1 Å². The number of hydrogen-bond acceptors (Lipinski definition) is 2. The van der Waals surface area contributed by atoms with E-state index in [-0.39, 0.29) is 11.8 Å². The minimum absolute atomic E-state index is 0.132. The number of carbonyl (C=O) groups is 1. The molecule has 110 valence electrons. The molecule has 1 atom stereocenters. The number of ketones is 1. The average molecular weight is 404 g/mol. The smallest absolute Gasteiger partial charge is 0.171 e. The van der Waals surface area contributed by atoms with Gasteiger partial charge in [-0.1, -0.05) is 32.3 Å². The molecule has 0 spiro atoms. The third kappa shape index (κ3) is 6.65. The second kappa shape index (κ2) is 9.28. The highest BCUT2D eigenvalue weighted by Crippen LogP contribution is 2.12. The maximum atomic E-state index is 11.6. The summed E-state index contributed by atoms with van der Waals surface area (Å²) in [6, 6.07) is 7.76. The molecule has 0 aromatic heterocycles. The van der Waals surface area contributed by atoms with Crippen molar-refractivity contribution in [2.24, 2.45) is 0 Å². The van der Waals surface area contributed by atoms with E-state index in [1.54, 1.807) is 6.92 Å². The van der Waals surface area contributed by atoms with Gasteiger partial charge in [-0.25, -0.2) is 0 Å². The normalized spacial score (nSPS) is 11.8. The first-order valence-electron chi connectivity index (χ1n) is 6.86. The molecular formula is C15H21IN2OS. The van der Waals surface area contributed by atoms with Gasteiger partial charge in [0, 0.05) is 9.26 Å². The minimum atomic E-state index is -0.190. The van der Waals surface area contributed by atoms with Crippen LogP contribution >= 0.6 is 34.8 Å². The van der Waals surface area contributed by atoms with E-state index in [1.165, 1.54) is 0 Å². The van der Waals surface area contributed by atoms with E-state index in [1.807, 2.05) is 24.3 Å². The third-order valence-corrected chi connectivity index (χ3v) is 3.87. The fraction of sp³-hybridized carbons (Fsp3) is 0.467. The summed E-state index contributed by atoms with van der Waals surface area (Å²) in [5.74, 6) is 0.132. The molecule has 0 radical (unpaired) electrons. The van der Waals surface area contributed by atoms with Crippen molar-refractivity contribution >= 4 is 51.4 Å². The van der Waals surface area contributed by atoms with E-state index in [9.17, 15) is 4.79 Å². The summed E-state index contributed by atoms with van der Waals surface area (Å²) in [6.45, 7) is 3.76. The van der Waals surface area contributed by atoms with Gasteiger partial charge in [0.15, 0.2) is 10.9 Å². The molecule has 2 N–H and O–H groups in total. The van der Waals surface area contributed by atoms with Gasteiger partial charge >= 0.3 is 0 Å². The van der Waals surface area contributed by atoms with Gasteiger partial charge in [-0.15, -0.1) is 0 Å². The number of hydrogen-bond donors (Lipinski definition) is 2. The van der Waals surface area contributed by atoms with Crippen molar-refractivity contribution in [3.05, 3.63) is 27.8 Å². The first-order valence-corrected chi connectivity index (χ1v) is 8.35. The molecule has 0 aliphatic heterocycles. The van der Waals surface area contributed by atoms with Crippen LogP contribution in [-0.2, 0) is 4.79 Å². The lowest BCUT2D eigenvalue weighted by Gasteiger charge is -2.18. The van der Waals surface area contributed by atoms with Crippen molar-refractivity contribution < 1.29 is 4.79 Å². The van der Waals surface area contributed by atoms with Crippen molar-refractivity contribution in [2.75, 3.05) is 5.32 Å². The van der Waals surface area contributed by atoms with Crippen molar-refractivity contribution in [3.63, 3.8) is 0 Å². The molecule has 0 bridgehead atoms. The van der Waals surface area contributed by atoms with Crippen LogP contribution in [0.15, 0.2) is 24.3 Å². The molecule has 0 amide bonds. The van der Waals surface area contributed by atoms with Gasteiger partial charge in [-0.2, -0.15) is 0 Å². The lowest BCUT2D eigenvalue weighted by Crippen LogP contribution is -2.41. The number of rotatable bonds is 7. The molecule has 5 heteroatoms. The van der Waals surface area contributed by atoms with E-state index in [4.69, 9.17) is 12.2 Å². The van der Waals surface area contributed by atoms with Gasteiger partial charge in [-0.3, -0.25) is 4.79 Å². The van der Waals surface area contributed by atoms with Gasteiger partial charge < -0.3 is 10.6 Å². The van der Waals surface area contributed by atoms with Gasteiger partial charge in [0.05, 0.1) is 6.04 Å². The van der Waals surface area contributed by atoms with Crippen LogP contribution in [0.3, 0.4) is 0 Å². The van der Waals surface area contributed by atoms with Gasteiger partial charge in [0.2, 0.25) is 0 Å². The number of Topliss-reactive ketones (excluding diaryl/α,β-unsaturated/α-hetero) is 1. The van der Waals surface area contributed by atoms with Crippen LogP contribution in [0.25, 0.3) is 0 Å².